The van der Waals surface area contributed by atoms with Crippen LogP contribution < -0.4 is 20.1 Å². The molecule has 2 aromatic carbocycles. The van der Waals surface area contributed by atoms with Crippen molar-refractivity contribution in [2.75, 3.05) is 26.6 Å². The molecule has 0 saturated carbocycles. The maximum Gasteiger partial charge on any atom is 0.337 e. The lowest BCUT2D eigenvalue weighted by molar-refractivity contribution is 0.184. The maximum absolute atomic E-state index is 14.0. The number of urea groups is 1. The average Bonchev–Trinajstić information content (AvgIpc) is 3.00. The number of rotatable bonds is 5. The molecule has 0 radical (unpaired) electrons. The van der Waals surface area contributed by atoms with Crippen molar-refractivity contribution in [3.8, 4) is 11.5 Å². The van der Waals surface area contributed by atoms with E-state index < -0.39 is 5.82 Å². The van der Waals surface area contributed by atoms with Crippen molar-refractivity contribution in [1.29, 1.82) is 0 Å². The Morgan fingerprint density at radius 2 is 1.82 bits per heavy atom. The highest BCUT2D eigenvalue weighted by Crippen LogP contribution is 2.35. The normalized spacial score (nSPS) is 15.0. The molecule has 4 rings (SSSR count). The van der Waals surface area contributed by atoms with Crippen molar-refractivity contribution in [3.63, 3.8) is 0 Å². The summed E-state index contributed by atoms with van der Waals surface area (Å²) in [7, 11) is 4.75. The van der Waals surface area contributed by atoms with Crippen molar-refractivity contribution in [2.24, 2.45) is 5.10 Å². The summed E-state index contributed by atoms with van der Waals surface area (Å²) in [5, 5.41) is 11.9. The molecule has 2 N–H and O–H groups in total. The van der Waals surface area contributed by atoms with Crippen LogP contribution in [0.15, 0.2) is 60.0 Å². The molecule has 9 heteroatoms. The lowest BCUT2D eigenvalue weighted by atomic mass is 9.94. The second-order valence-electron chi connectivity index (χ2n) is 7.82. The summed E-state index contributed by atoms with van der Waals surface area (Å²) in [5.74, 6) is 0.742. The molecule has 1 aromatic heterocycles. The predicted molar refractivity (Wildman–Crippen MR) is 129 cm³/mol. The number of fused-ring (bicyclic) bond motifs is 1. The van der Waals surface area contributed by atoms with Crippen molar-refractivity contribution in [1.82, 2.24) is 15.3 Å². The van der Waals surface area contributed by atoms with Gasteiger partial charge in [-0.3, -0.25) is 4.98 Å². The van der Waals surface area contributed by atoms with Gasteiger partial charge in [0, 0.05) is 30.1 Å². The number of carbonyl (C=O) groups is 1. The van der Waals surface area contributed by atoms with Crippen LogP contribution in [0.2, 0.25) is 0 Å². The molecular formula is C25H26FN5O3. The number of benzene rings is 2. The fraction of sp³-hybridized carbons (Fsp3) is 0.240. The Labute approximate surface area is 197 Å². The minimum absolute atomic E-state index is 0.190. The van der Waals surface area contributed by atoms with E-state index in [2.05, 4.69) is 15.6 Å². The molecule has 0 fully saturated rings. The number of aromatic nitrogens is 1. The minimum Gasteiger partial charge on any atom is -0.493 e. The van der Waals surface area contributed by atoms with Gasteiger partial charge >= 0.3 is 6.03 Å². The zero-order chi connectivity index (χ0) is 24.2. The SMILES string of the molecule is CNC(=O)N1N=C(c2ccc(Nc3ccncc3F)cc2)c2cc(OC)c(OC)cc2CC1C. The third-order valence-corrected chi connectivity index (χ3v) is 5.64. The quantitative estimate of drug-likeness (QED) is 0.588. The van der Waals surface area contributed by atoms with Gasteiger partial charge < -0.3 is 20.1 Å². The molecule has 1 unspecified atom stereocenters. The van der Waals surface area contributed by atoms with E-state index in [0.29, 0.717) is 35.0 Å². The zero-order valence-corrected chi connectivity index (χ0v) is 19.4. The largest absolute Gasteiger partial charge is 0.493 e. The summed E-state index contributed by atoms with van der Waals surface area (Å²) in [5.41, 5.74) is 4.26. The number of hydrazone groups is 1. The summed E-state index contributed by atoms with van der Waals surface area (Å²) in [6.07, 6.45) is 3.26. The van der Waals surface area contributed by atoms with E-state index in [-0.39, 0.29) is 12.1 Å². The van der Waals surface area contributed by atoms with Crippen LogP contribution in [0, 0.1) is 5.82 Å². The molecule has 3 aromatic rings. The third-order valence-electron chi connectivity index (χ3n) is 5.64. The maximum atomic E-state index is 14.0. The second kappa shape index (κ2) is 9.78. The molecule has 1 aliphatic heterocycles. The standard InChI is InChI=1S/C25H26FN5O3/c1-15-11-17-12-22(33-3)23(34-4)13-19(17)24(30-31(15)25(32)27-2)16-5-7-18(8-6-16)29-21-9-10-28-14-20(21)26/h5-10,12-15H,11H2,1-4H3,(H,27,32)(H,28,29). The Kier molecular flexibility index (Phi) is 6.62. The van der Waals surface area contributed by atoms with Gasteiger partial charge in [-0.1, -0.05) is 12.1 Å². The second-order valence-corrected chi connectivity index (χ2v) is 7.82. The fourth-order valence-corrected chi connectivity index (χ4v) is 3.89. The van der Waals surface area contributed by atoms with Crippen molar-refractivity contribution >= 4 is 23.1 Å². The van der Waals surface area contributed by atoms with Gasteiger partial charge in [-0.05, 0) is 49.2 Å². The first kappa shape index (κ1) is 23.0. The number of carbonyl (C=O) groups excluding carboxylic acids is 1. The van der Waals surface area contributed by atoms with Crippen LogP contribution in [-0.4, -0.2) is 49.0 Å². The van der Waals surface area contributed by atoms with E-state index in [4.69, 9.17) is 14.6 Å². The van der Waals surface area contributed by atoms with Gasteiger partial charge in [0.25, 0.3) is 0 Å². The Bertz CT molecular complexity index is 1230. The number of anilines is 2. The van der Waals surface area contributed by atoms with Crippen molar-refractivity contribution in [3.05, 3.63) is 77.4 Å². The van der Waals surface area contributed by atoms with E-state index >= 15 is 0 Å². The minimum atomic E-state index is -0.440. The molecule has 0 saturated heterocycles. The van der Waals surface area contributed by atoms with Gasteiger partial charge in [-0.2, -0.15) is 5.10 Å². The fourth-order valence-electron chi connectivity index (χ4n) is 3.89. The Morgan fingerprint density at radius 1 is 1.12 bits per heavy atom. The first-order valence-electron chi connectivity index (χ1n) is 10.8. The average molecular weight is 464 g/mol. The Hall–Kier alpha value is -4.14. The topological polar surface area (TPSA) is 88.1 Å². The van der Waals surface area contributed by atoms with E-state index in [1.54, 1.807) is 27.3 Å². The number of nitrogens with one attached hydrogen (secondary N) is 2. The van der Waals surface area contributed by atoms with Gasteiger partial charge in [0.05, 0.1) is 37.9 Å². The van der Waals surface area contributed by atoms with Gasteiger partial charge in [0.2, 0.25) is 0 Å². The monoisotopic (exact) mass is 463 g/mol. The van der Waals surface area contributed by atoms with Crippen LogP contribution in [0.1, 0.15) is 23.6 Å². The predicted octanol–water partition coefficient (Wildman–Crippen LogP) is 4.32. The van der Waals surface area contributed by atoms with Gasteiger partial charge in [0.15, 0.2) is 17.3 Å². The molecule has 176 valence electrons. The van der Waals surface area contributed by atoms with Crippen LogP contribution >= 0.6 is 0 Å². The lowest BCUT2D eigenvalue weighted by Gasteiger charge is -2.22. The van der Waals surface area contributed by atoms with E-state index in [9.17, 15) is 9.18 Å². The summed E-state index contributed by atoms with van der Waals surface area (Å²) in [6, 6.07) is 12.3. The molecule has 0 bridgehead atoms. The van der Waals surface area contributed by atoms with Gasteiger partial charge in [-0.25, -0.2) is 14.2 Å². The first-order valence-corrected chi connectivity index (χ1v) is 10.8. The van der Waals surface area contributed by atoms with Crippen molar-refractivity contribution in [2.45, 2.75) is 19.4 Å². The van der Waals surface area contributed by atoms with Crippen LogP contribution in [0.5, 0.6) is 11.5 Å². The lowest BCUT2D eigenvalue weighted by Crippen LogP contribution is -2.41. The number of amides is 2. The van der Waals surface area contributed by atoms with Crippen LogP contribution in [0.3, 0.4) is 0 Å². The number of ether oxygens (including phenoxy) is 2. The molecule has 34 heavy (non-hydrogen) atoms. The molecule has 1 atom stereocenters. The number of pyridine rings is 1. The van der Waals surface area contributed by atoms with Gasteiger partial charge in [0.1, 0.15) is 0 Å². The van der Waals surface area contributed by atoms with Crippen molar-refractivity contribution < 1.29 is 18.7 Å². The summed E-state index contributed by atoms with van der Waals surface area (Å²) >= 11 is 0. The number of methoxy groups -OCH3 is 2. The van der Waals surface area contributed by atoms with E-state index in [0.717, 1.165) is 22.9 Å². The summed E-state index contributed by atoms with van der Waals surface area (Å²) < 4.78 is 25.0. The highest BCUT2D eigenvalue weighted by atomic mass is 19.1. The van der Waals surface area contributed by atoms with E-state index in [1.807, 2.05) is 43.3 Å². The van der Waals surface area contributed by atoms with Crippen LogP contribution in [0.25, 0.3) is 0 Å². The number of hydrogen-bond acceptors (Lipinski definition) is 6. The highest BCUT2D eigenvalue weighted by Gasteiger charge is 2.28. The van der Waals surface area contributed by atoms with Crippen LogP contribution in [-0.2, 0) is 6.42 Å². The summed E-state index contributed by atoms with van der Waals surface area (Å²) in [6.45, 7) is 1.94. The number of hydrogen-bond donors (Lipinski definition) is 2. The van der Waals surface area contributed by atoms with Gasteiger partial charge in [-0.15, -0.1) is 0 Å². The Balaban J connectivity index is 1.78. The van der Waals surface area contributed by atoms with Crippen LogP contribution in [0.4, 0.5) is 20.6 Å². The molecule has 2 heterocycles. The number of nitrogens with zero attached hydrogens (tertiary/aromatic N) is 3. The zero-order valence-electron chi connectivity index (χ0n) is 19.4. The molecule has 8 nitrogen and oxygen atoms in total. The molecular weight excluding hydrogens is 437 g/mol. The molecule has 1 aliphatic rings. The third kappa shape index (κ3) is 4.50. The number of halogens is 1. The molecule has 0 aliphatic carbocycles. The molecule has 2 amide bonds. The summed E-state index contributed by atoms with van der Waals surface area (Å²) in [4.78, 5) is 16.4. The van der Waals surface area contributed by atoms with E-state index in [1.165, 1.54) is 11.2 Å². The molecule has 0 spiro atoms. The Morgan fingerprint density at radius 3 is 2.47 bits per heavy atom. The smallest absolute Gasteiger partial charge is 0.337 e. The first-order chi connectivity index (χ1) is 16.4. The highest BCUT2D eigenvalue weighted by molar-refractivity contribution is 6.14.